The molecule has 0 fully saturated rings. The molecule has 2 rings (SSSR count). The number of H-pyrrole nitrogens is 1. The lowest BCUT2D eigenvalue weighted by molar-refractivity contribution is -0.141. The van der Waals surface area contributed by atoms with Gasteiger partial charge in [0.1, 0.15) is 5.69 Å². The third-order valence-electron chi connectivity index (χ3n) is 2.95. The van der Waals surface area contributed by atoms with Gasteiger partial charge in [-0.1, -0.05) is 23.2 Å². The molecule has 0 aliphatic rings. The van der Waals surface area contributed by atoms with Crippen molar-refractivity contribution in [1.29, 1.82) is 0 Å². The average Bonchev–Trinajstić information content (AvgIpc) is 2.35. The summed E-state index contributed by atoms with van der Waals surface area (Å²) in [6.07, 6.45) is -4.83. The summed E-state index contributed by atoms with van der Waals surface area (Å²) in [4.78, 5) is 27.0. The van der Waals surface area contributed by atoms with Crippen molar-refractivity contribution in [3.05, 3.63) is 54.8 Å². The van der Waals surface area contributed by atoms with Gasteiger partial charge in [0.25, 0.3) is 5.56 Å². The van der Waals surface area contributed by atoms with E-state index in [0.717, 1.165) is 0 Å². The van der Waals surface area contributed by atoms with Crippen LogP contribution in [-0.2, 0) is 6.18 Å². The maximum Gasteiger partial charge on any atom is 0.431 e. The first-order valence-electron chi connectivity index (χ1n) is 6.12. The van der Waals surface area contributed by atoms with Crippen molar-refractivity contribution in [1.82, 2.24) is 9.55 Å². The van der Waals surface area contributed by atoms with E-state index in [1.807, 2.05) is 0 Å². The Labute approximate surface area is 137 Å². The van der Waals surface area contributed by atoms with Crippen LogP contribution < -0.4 is 16.1 Å². The van der Waals surface area contributed by atoms with Crippen molar-refractivity contribution >= 4 is 28.9 Å². The zero-order valence-corrected chi connectivity index (χ0v) is 13.3. The van der Waals surface area contributed by atoms with Crippen LogP contribution in [0, 0.1) is 0 Å². The molecule has 124 valence electrons. The molecule has 0 aliphatic carbocycles. The van der Waals surface area contributed by atoms with Gasteiger partial charge in [-0.2, -0.15) is 13.2 Å². The first-order chi connectivity index (χ1) is 10.5. The highest BCUT2D eigenvalue weighted by Gasteiger charge is 2.33. The monoisotopic (exact) mass is 367 g/mol. The zero-order chi connectivity index (χ0) is 17.5. The number of halogens is 5. The summed E-state index contributed by atoms with van der Waals surface area (Å²) in [5.41, 5.74) is -3.40. The number of nitrogens with zero attached hydrogens (tertiary/aromatic N) is 2. The quantitative estimate of drug-likeness (QED) is 0.887. The van der Waals surface area contributed by atoms with Crippen LogP contribution in [0.15, 0.2) is 27.8 Å². The molecule has 0 bridgehead atoms. The lowest BCUT2D eigenvalue weighted by atomic mass is 10.2. The molecule has 0 saturated carbocycles. The highest BCUT2D eigenvalue weighted by molar-refractivity contribution is 6.39. The Morgan fingerprint density at radius 3 is 2.00 bits per heavy atom. The maximum atomic E-state index is 12.6. The van der Waals surface area contributed by atoms with E-state index in [9.17, 15) is 22.8 Å². The molecule has 10 heteroatoms. The molecule has 0 spiro atoms. The highest BCUT2D eigenvalue weighted by atomic mass is 35.5. The van der Waals surface area contributed by atoms with E-state index in [4.69, 9.17) is 23.2 Å². The second-order valence-corrected chi connectivity index (χ2v) is 5.63. The Kier molecular flexibility index (Phi) is 4.50. The van der Waals surface area contributed by atoms with Crippen molar-refractivity contribution in [2.24, 2.45) is 0 Å². The molecule has 2 aromatic rings. The normalized spacial score (nSPS) is 11.6. The zero-order valence-electron chi connectivity index (χ0n) is 11.8. The summed E-state index contributed by atoms with van der Waals surface area (Å²) < 4.78 is 38.3. The standard InChI is InChI=1S/C13H10Cl2F3N3O2/c1-20(2)11-7(14)3-6(4-8(11)15)21-10(22)5-9(13(16,17)18)19-12(21)23/h3-5H,1-2H3,(H,19,23). The van der Waals surface area contributed by atoms with Crippen LogP contribution in [-0.4, -0.2) is 23.6 Å². The van der Waals surface area contributed by atoms with Crippen LogP contribution in [0.4, 0.5) is 18.9 Å². The first-order valence-corrected chi connectivity index (χ1v) is 6.88. The smallest absolute Gasteiger partial charge is 0.375 e. The predicted octanol–water partition coefficient (Wildman–Crippen LogP) is 2.92. The molecule has 1 heterocycles. The van der Waals surface area contributed by atoms with E-state index in [1.54, 1.807) is 24.0 Å². The van der Waals surface area contributed by atoms with E-state index < -0.39 is 23.1 Å². The van der Waals surface area contributed by atoms with Gasteiger partial charge in [-0.05, 0) is 12.1 Å². The van der Waals surface area contributed by atoms with Gasteiger partial charge in [-0.3, -0.25) is 4.79 Å². The fourth-order valence-corrected chi connectivity index (χ4v) is 2.81. The Morgan fingerprint density at radius 2 is 1.61 bits per heavy atom. The van der Waals surface area contributed by atoms with Gasteiger partial charge in [0.05, 0.1) is 21.4 Å². The third kappa shape index (κ3) is 3.37. The van der Waals surface area contributed by atoms with Crippen molar-refractivity contribution in [3.8, 4) is 5.69 Å². The molecule has 0 radical (unpaired) electrons. The fraction of sp³-hybridized carbons (Fsp3) is 0.231. The van der Waals surface area contributed by atoms with E-state index in [-0.39, 0.29) is 15.7 Å². The average molecular weight is 368 g/mol. The van der Waals surface area contributed by atoms with Crippen molar-refractivity contribution < 1.29 is 13.2 Å². The number of benzene rings is 1. The van der Waals surface area contributed by atoms with Crippen molar-refractivity contribution in [3.63, 3.8) is 0 Å². The van der Waals surface area contributed by atoms with Gasteiger partial charge in [0.15, 0.2) is 0 Å². The minimum atomic E-state index is -4.83. The number of hydrogen-bond acceptors (Lipinski definition) is 3. The van der Waals surface area contributed by atoms with Crippen LogP contribution in [0.5, 0.6) is 0 Å². The molecule has 0 atom stereocenters. The van der Waals surface area contributed by atoms with Gasteiger partial charge in [0, 0.05) is 20.2 Å². The summed E-state index contributed by atoms with van der Waals surface area (Å²) in [5.74, 6) is 0. The Morgan fingerprint density at radius 1 is 1.09 bits per heavy atom. The molecular formula is C13H10Cl2F3N3O2. The number of alkyl halides is 3. The highest BCUT2D eigenvalue weighted by Crippen LogP contribution is 2.34. The van der Waals surface area contributed by atoms with Gasteiger partial charge in [0.2, 0.25) is 0 Å². The Hall–Kier alpha value is -1.93. The molecule has 0 aliphatic heterocycles. The van der Waals surface area contributed by atoms with Crippen molar-refractivity contribution in [2.45, 2.75) is 6.18 Å². The molecule has 1 aromatic carbocycles. The van der Waals surface area contributed by atoms with Crippen LogP contribution in [0.3, 0.4) is 0 Å². The molecule has 0 saturated heterocycles. The minimum absolute atomic E-state index is 0.0365. The van der Waals surface area contributed by atoms with E-state index in [2.05, 4.69) is 0 Å². The van der Waals surface area contributed by atoms with Crippen LogP contribution in [0.2, 0.25) is 10.0 Å². The second-order valence-electron chi connectivity index (χ2n) is 4.81. The molecule has 5 nitrogen and oxygen atoms in total. The topological polar surface area (TPSA) is 58.1 Å². The fourth-order valence-electron chi connectivity index (χ4n) is 2.00. The van der Waals surface area contributed by atoms with Gasteiger partial charge < -0.3 is 9.88 Å². The molecule has 0 unspecified atom stereocenters. The van der Waals surface area contributed by atoms with E-state index in [1.165, 1.54) is 12.1 Å². The molecular weight excluding hydrogens is 358 g/mol. The summed E-state index contributed by atoms with van der Waals surface area (Å²) in [6, 6.07) is 2.84. The van der Waals surface area contributed by atoms with Gasteiger partial charge in [-0.25, -0.2) is 9.36 Å². The van der Waals surface area contributed by atoms with E-state index >= 15 is 0 Å². The van der Waals surface area contributed by atoms with E-state index in [0.29, 0.717) is 16.3 Å². The maximum absolute atomic E-state index is 12.6. The van der Waals surface area contributed by atoms with Crippen molar-refractivity contribution in [2.75, 3.05) is 19.0 Å². The number of aromatic amines is 1. The minimum Gasteiger partial charge on any atom is -0.375 e. The number of nitrogens with one attached hydrogen (secondary N) is 1. The molecule has 1 N–H and O–H groups in total. The Balaban J connectivity index is 2.70. The first kappa shape index (κ1) is 17.4. The number of hydrogen-bond donors (Lipinski definition) is 1. The molecule has 1 aromatic heterocycles. The largest absolute Gasteiger partial charge is 0.431 e. The summed E-state index contributed by atoms with van der Waals surface area (Å²) in [5, 5.41) is 0.285. The SMILES string of the molecule is CN(C)c1c(Cl)cc(-n2c(=O)cc(C(F)(F)F)[nH]c2=O)cc1Cl. The summed E-state index contributed by atoms with van der Waals surface area (Å²) in [6.45, 7) is 0. The van der Waals surface area contributed by atoms with Crippen LogP contribution >= 0.6 is 23.2 Å². The molecule has 0 amide bonds. The lowest BCUT2D eigenvalue weighted by Crippen LogP contribution is -2.35. The summed E-state index contributed by atoms with van der Waals surface area (Å²) >= 11 is 12.1. The summed E-state index contributed by atoms with van der Waals surface area (Å²) in [7, 11) is 3.37. The number of anilines is 1. The second kappa shape index (κ2) is 5.93. The number of rotatable bonds is 2. The predicted molar refractivity (Wildman–Crippen MR) is 82.0 cm³/mol. The van der Waals surface area contributed by atoms with Gasteiger partial charge in [-0.15, -0.1) is 0 Å². The van der Waals surface area contributed by atoms with Crippen LogP contribution in [0.25, 0.3) is 5.69 Å². The third-order valence-corrected chi connectivity index (χ3v) is 3.52. The van der Waals surface area contributed by atoms with Gasteiger partial charge >= 0.3 is 11.9 Å². The number of aromatic nitrogens is 2. The Bertz CT molecular complexity index is 818. The lowest BCUT2D eigenvalue weighted by Gasteiger charge is -2.17. The molecule has 23 heavy (non-hydrogen) atoms. The van der Waals surface area contributed by atoms with Crippen LogP contribution in [0.1, 0.15) is 5.69 Å².